The number of hydrogen-bond acceptors (Lipinski definition) is 5. The van der Waals surface area contributed by atoms with E-state index in [2.05, 4.69) is 10.6 Å². The van der Waals surface area contributed by atoms with E-state index in [9.17, 15) is 9.90 Å². The highest BCUT2D eigenvalue weighted by molar-refractivity contribution is 5.81. The molecule has 0 aromatic heterocycles. The molecule has 6 nitrogen and oxygen atoms in total. The molecular formula is C14H28N2O4. The third kappa shape index (κ3) is 6.17. The van der Waals surface area contributed by atoms with E-state index in [0.717, 1.165) is 19.4 Å². The average Bonchev–Trinajstić information content (AvgIpc) is 2.90. The molecule has 0 aromatic carbocycles. The summed E-state index contributed by atoms with van der Waals surface area (Å²) in [6, 6.07) is 0. The third-order valence-electron chi connectivity index (χ3n) is 3.43. The van der Waals surface area contributed by atoms with Crippen LogP contribution in [0.2, 0.25) is 0 Å². The fourth-order valence-corrected chi connectivity index (χ4v) is 2.14. The van der Waals surface area contributed by atoms with E-state index < -0.39 is 11.5 Å². The van der Waals surface area contributed by atoms with Crippen molar-refractivity contribution in [2.45, 2.75) is 38.9 Å². The molecule has 2 atom stereocenters. The molecular weight excluding hydrogens is 260 g/mol. The maximum Gasteiger partial charge on any atom is 0.226 e. The van der Waals surface area contributed by atoms with Gasteiger partial charge in [-0.3, -0.25) is 4.79 Å². The molecule has 1 heterocycles. The molecule has 1 rings (SSSR count). The summed E-state index contributed by atoms with van der Waals surface area (Å²) in [4.78, 5) is 11.6. The van der Waals surface area contributed by atoms with Crippen molar-refractivity contribution < 1.29 is 19.4 Å². The molecule has 118 valence electrons. The second-order valence-electron chi connectivity index (χ2n) is 5.92. The number of rotatable bonds is 9. The maximum absolute atomic E-state index is 11.6. The van der Waals surface area contributed by atoms with Crippen LogP contribution in [0.4, 0.5) is 0 Å². The predicted molar refractivity (Wildman–Crippen MR) is 76.5 cm³/mol. The number of ether oxygens (including phenoxy) is 2. The summed E-state index contributed by atoms with van der Waals surface area (Å²) in [5.41, 5.74) is -0.493. The molecule has 20 heavy (non-hydrogen) atoms. The average molecular weight is 288 g/mol. The first-order chi connectivity index (χ1) is 9.45. The molecule has 0 aliphatic carbocycles. The van der Waals surface area contributed by atoms with Crippen molar-refractivity contribution in [2.24, 2.45) is 5.41 Å². The summed E-state index contributed by atoms with van der Waals surface area (Å²) < 4.78 is 10.9. The monoisotopic (exact) mass is 288 g/mol. The first-order valence-corrected chi connectivity index (χ1v) is 7.26. The van der Waals surface area contributed by atoms with Crippen LogP contribution in [0.5, 0.6) is 0 Å². The highest BCUT2D eigenvalue weighted by Crippen LogP contribution is 2.13. The van der Waals surface area contributed by atoms with Gasteiger partial charge in [0.25, 0.3) is 0 Å². The van der Waals surface area contributed by atoms with Crippen molar-refractivity contribution in [3.8, 4) is 0 Å². The van der Waals surface area contributed by atoms with Gasteiger partial charge in [-0.2, -0.15) is 0 Å². The van der Waals surface area contributed by atoms with E-state index in [0.29, 0.717) is 19.7 Å². The minimum atomic E-state index is -0.572. The molecule has 0 bridgehead atoms. The lowest BCUT2D eigenvalue weighted by Gasteiger charge is -2.23. The Bertz CT molecular complexity index is 291. The SMILES string of the molecule is CNC(=O)C(C)(C)CNCC(O)COCC1CCCO1. The molecule has 1 amide bonds. The van der Waals surface area contributed by atoms with Crippen LogP contribution in [-0.4, -0.2) is 63.2 Å². The Kier molecular flexibility index (Phi) is 7.43. The van der Waals surface area contributed by atoms with Crippen LogP contribution in [0.25, 0.3) is 0 Å². The smallest absolute Gasteiger partial charge is 0.226 e. The molecule has 1 aliphatic heterocycles. The van der Waals surface area contributed by atoms with Gasteiger partial charge in [-0.05, 0) is 26.7 Å². The van der Waals surface area contributed by atoms with Crippen molar-refractivity contribution in [3.05, 3.63) is 0 Å². The highest BCUT2D eigenvalue weighted by Gasteiger charge is 2.26. The number of carbonyl (C=O) groups is 1. The van der Waals surface area contributed by atoms with E-state index >= 15 is 0 Å². The number of hydrogen-bond donors (Lipinski definition) is 3. The molecule has 2 unspecified atom stereocenters. The van der Waals surface area contributed by atoms with Gasteiger partial charge < -0.3 is 25.2 Å². The summed E-state index contributed by atoms with van der Waals surface area (Å²) in [7, 11) is 1.62. The quantitative estimate of drug-likeness (QED) is 0.552. The minimum absolute atomic E-state index is 0.0193. The molecule has 1 fully saturated rings. The number of carbonyl (C=O) groups excluding carboxylic acids is 1. The van der Waals surface area contributed by atoms with Crippen molar-refractivity contribution in [1.29, 1.82) is 0 Å². The Morgan fingerprint density at radius 3 is 2.90 bits per heavy atom. The molecule has 6 heteroatoms. The van der Waals surface area contributed by atoms with Crippen LogP contribution < -0.4 is 10.6 Å². The summed E-state index contributed by atoms with van der Waals surface area (Å²) in [6.07, 6.45) is 1.74. The number of amides is 1. The minimum Gasteiger partial charge on any atom is -0.389 e. The highest BCUT2D eigenvalue weighted by atomic mass is 16.5. The topological polar surface area (TPSA) is 79.8 Å². The first-order valence-electron chi connectivity index (χ1n) is 7.26. The van der Waals surface area contributed by atoms with Gasteiger partial charge in [0.2, 0.25) is 5.91 Å². The number of aliphatic hydroxyl groups excluding tert-OH is 1. The standard InChI is InChI=1S/C14H28N2O4/c1-14(2,13(18)15-3)10-16-7-11(17)8-19-9-12-5-4-6-20-12/h11-12,16-17H,4-10H2,1-3H3,(H,15,18). The molecule has 3 N–H and O–H groups in total. The zero-order valence-electron chi connectivity index (χ0n) is 12.8. The summed E-state index contributed by atoms with van der Waals surface area (Å²) in [6.45, 7) is 6.28. The Labute approximate surface area is 121 Å². The van der Waals surface area contributed by atoms with Crippen LogP contribution in [0.15, 0.2) is 0 Å². The fraction of sp³-hybridized carbons (Fsp3) is 0.929. The first kappa shape index (κ1) is 17.4. The number of nitrogens with one attached hydrogen (secondary N) is 2. The molecule has 0 radical (unpaired) electrons. The van der Waals surface area contributed by atoms with Gasteiger partial charge >= 0.3 is 0 Å². The summed E-state index contributed by atoms with van der Waals surface area (Å²) >= 11 is 0. The largest absolute Gasteiger partial charge is 0.389 e. The molecule has 1 aliphatic rings. The van der Waals surface area contributed by atoms with Gasteiger partial charge in [0.05, 0.1) is 30.8 Å². The van der Waals surface area contributed by atoms with E-state index in [1.165, 1.54) is 0 Å². The van der Waals surface area contributed by atoms with E-state index in [4.69, 9.17) is 9.47 Å². The molecule has 0 aromatic rings. The van der Waals surface area contributed by atoms with Crippen LogP contribution >= 0.6 is 0 Å². The van der Waals surface area contributed by atoms with Crippen molar-refractivity contribution in [2.75, 3.05) is 40.0 Å². The second-order valence-corrected chi connectivity index (χ2v) is 5.92. The Hall–Kier alpha value is -0.690. The Balaban J connectivity index is 2.07. The lowest BCUT2D eigenvalue weighted by atomic mass is 9.92. The Morgan fingerprint density at radius 1 is 1.55 bits per heavy atom. The van der Waals surface area contributed by atoms with Gasteiger partial charge in [0, 0.05) is 26.7 Å². The normalized spacial score (nSPS) is 20.9. The van der Waals surface area contributed by atoms with Crippen molar-refractivity contribution in [1.82, 2.24) is 10.6 Å². The van der Waals surface area contributed by atoms with E-state index in [1.54, 1.807) is 7.05 Å². The predicted octanol–water partition coefficient (Wildman–Crippen LogP) is -0.0953. The maximum atomic E-state index is 11.6. The van der Waals surface area contributed by atoms with Gasteiger partial charge in [-0.15, -0.1) is 0 Å². The molecule has 0 spiro atoms. The number of aliphatic hydroxyl groups is 1. The van der Waals surface area contributed by atoms with E-state index in [-0.39, 0.29) is 18.6 Å². The molecule has 0 saturated carbocycles. The van der Waals surface area contributed by atoms with Crippen LogP contribution in [0, 0.1) is 5.41 Å². The van der Waals surface area contributed by atoms with Gasteiger partial charge in [0.15, 0.2) is 0 Å². The van der Waals surface area contributed by atoms with Crippen LogP contribution in [0.1, 0.15) is 26.7 Å². The van der Waals surface area contributed by atoms with Crippen molar-refractivity contribution >= 4 is 5.91 Å². The van der Waals surface area contributed by atoms with Gasteiger partial charge in [0.1, 0.15) is 0 Å². The van der Waals surface area contributed by atoms with Crippen LogP contribution in [-0.2, 0) is 14.3 Å². The Morgan fingerprint density at radius 2 is 2.30 bits per heavy atom. The van der Waals surface area contributed by atoms with Crippen molar-refractivity contribution in [3.63, 3.8) is 0 Å². The summed E-state index contributed by atoms with van der Waals surface area (Å²) in [5.74, 6) is -0.0193. The zero-order chi connectivity index (χ0) is 15.0. The lowest BCUT2D eigenvalue weighted by Crippen LogP contribution is -2.44. The zero-order valence-corrected chi connectivity index (χ0v) is 12.8. The van der Waals surface area contributed by atoms with Gasteiger partial charge in [-0.1, -0.05) is 0 Å². The fourth-order valence-electron chi connectivity index (χ4n) is 2.14. The summed E-state index contributed by atoms with van der Waals surface area (Å²) in [5, 5.41) is 15.5. The van der Waals surface area contributed by atoms with E-state index in [1.807, 2.05) is 13.8 Å². The lowest BCUT2D eigenvalue weighted by molar-refractivity contribution is -0.128. The third-order valence-corrected chi connectivity index (χ3v) is 3.43. The second kappa shape index (κ2) is 8.56. The van der Waals surface area contributed by atoms with Gasteiger partial charge in [-0.25, -0.2) is 0 Å². The molecule has 1 saturated heterocycles. The van der Waals surface area contributed by atoms with Crippen LogP contribution in [0.3, 0.4) is 0 Å².